The maximum absolute atomic E-state index is 5.46. The van der Waals surface area contributed by atoms with Gasteiger partial charge in [0.2, 0.25) is 0 Å². The Bertz CT molecular complexity index is 946. The van der Waals surface area contributed by atoms with Gasteiger partial charge in [-0.15, -0.1) is 11.3 Å². The van der Waals surface area contributed by atoms with E-state index in [0.29, 0.717) is 0 Å². The molecule has 0 saturated carbocycles. The number of H-pyrrole nitrogens is 1. The van der Waals surface area contributed by atoms with E-state index in [1.54, 1.807) is 24.6 Å². The van der Waals surface area contributed by atoms with Crippen LogP contribution in [0.5, 0.6) is 5.75 Å². The van der Waals surface area contributed by atoms with E-state index in [9.17, 15) is 0 Å². The van der Waals surface area contributed by atoms with Gasteiger partial charge in [0.15, 0.2) is 5.82 Å². The summed E-state index contributed by atoms with van der Waals surface area (Å²) in [6, 6.07) is 14.0. The van der Waals surface area contributed by atoms with Crippen molar-refractivity contribution in [3.05, 3.63) is 54.0 Å². The third kappa shape index (κ3) is 2.53. The summed E-state index contributed by atoms with van der Waals surface area (Å²) in [5, 5.41) is 14.7. The van der Waals surface area contributed by atoms with Crippen molar-refractivity contribution in [1.82, 2.24) is 15.2 Å². The number of rotatable bonds is 4. The summed E-state index contributed by atoms with van der Waals surface area (Å²) in [6.07, 6.45) is 1.80. The molecule has 0 amide bonds. The number of methoxy groups -OCH3 is 1. The summed E-state index contributed by atoms with van der Waals surface area (Å²) in [5.41, 5.74) is 2.89. The second-order valence-electron chi connectivity index (χ2n) is 5.00. The van der Waals surface area contributed by atoms with Crippen LogP contribution in [0.3, 0.4) is 0 Å². The Morgan fingerprint density at radius 2 is 2.09 bits per heavy atom. The van der Waals surface area contributed by atoms with Gasteiger partial charge < -0.3 is 10.1 Å². The molecule has 0 fully saturated rings. The van der Waals surface area contributed by atoms with Gasteiger partial charge in [0.05, 0.1) is 18.3 Å². The van der Waals surface area contributed by atoms with E-state index >= 15 is 0 Å². The number of aromatic amines is 1. The first kappa shape index (κ1) is 13.8. The van der Waals surface area contributed by atoms with Crippen LogP contribution in [0.15, 0.2) is 54.0 Å². The van der Waals surface area contributed by atoms with Gasteiger partial charge in [-0.05, 0) is 30.3 Å². The maximum atomic E-state index is 5.46. The number of anilines is 2. The zero-order valence-electron chi connectivity index (χ0n) is 12.4. The van der Waals surface area contributed by atoms with Crippen molar-refractivity contribution >= 4 is 33.7 Å². The Morgan fingerprint density at radius 1 is 1.17 bits per heavy atom. The Kier molecular flexibility index (Phi) is 3.44. The smallest absolute Gasteiger partial charge is 0.160 e. The summed E-state index contributed by atoms with van der Waals surface area (Å²) in [7, 11) is 1.66. The van der Waals surface area contributed by atoms with E-state index in [1.165, 1.54) is 0 Å². The fraction of sp³-hybridized carbons (Fsp3) is 0.0588. The molecule has 5 nitrogen and oxygen atoms in total. The molecule has 4 aromatic rings. The summed E-state index contributed by atoms with van der Waals surface area (Å²) in [5.74, 6) is 1.53. The SMILES string of the molecule is COc1ccc(-c2nccs2)cc1Nc1n[nH]c2ccccc12. The number of para-hydroxylation sites is 1. The third-order valence-electron chi connectivity index (χ3n) is 3.60. The van der Waals surface area contributed by atoms with Crippen LogP contribution in [0.25, 0.3) is 21.5 Å². The highest BCUT2D eigenvalue weighted by molar-refractivity contribution is 7.13. The number of hydrogen-bond acceptors (Lipinski definition) is 5. The highest BCUT2D eigenvalue weighted by Crippen LogP contribution is 2.34. The predicted molar refractivity (Wildman–Crippen MR) is 93.5 cm³/mol. The number of fused-ring (bicyclic) bond motifs is 1. The third-order valence-corrected chi connectivity index (χ3v) is 4.42. The molecule has 2 N–H and O–H groups in total. The van der Waals surface area contributed by atoms with Gasteiger partial charge in [-0.3, -0.25) is 5.10 Å². The zero-order chi connectivity index (χ0) is 15.6. The van der Waals surface area contributed by atoms with Gasteiger partial charge >= 0.3 is 0 Å². The number of nitrogens with zero attached hydrogens (tertiary/aromatic N) is 2. The fourth-order valence-corrected chi connectivity index (χ4v) is 3.13. The molecule has 4 rings (SSSR count). The molecule has 2 aromatic carbocycles. The molecule has 0 spiro atoms. The summed E-state index contributed by atoms with van der Waals surface area (Å²) in [4.78, 5) is 4.36. The molecule has 23 heavy (non-hydrogen) atoms. The molecule has 0 unspecified atom stereocenters. The van der Waals surface area contributed by atoms with Gasteiger partial charge in [0, 0.05) is 22.5 Å². The number of thiazole rings is 1. The summed E-state index contributed by atoms with van der Waals surface area (Å²) >= 11 is 1.61. The van der Waals surface area contributed by atoms with Gasteiger partial charge in [-0.2, -0.15) is 5.10 Å². The van der Waals surface area contributed by atoms with Gasteiger partial charge in [0.1, 0.15) is 10.8 Å². The minimum atomic E-state index is 0.761. The Hall–Kier alpha value is -2.86. The van der Waals surface area contributed by atoms with Crippen molar-refractivity contribution in [3.8, 4) is 16.3 Å². The standard InChI is InChI=1S/C17H14N4OS/c1-22-15-7-6-11(17-18-8-9-23-17)10-14(15)19-16-12-4-2-3-5-13(12)20-21-16/h2-10H,1H3,(H2,19,20,21). The normalized spacial score (nSPS) is 10.8. The maximum Gasteiger partial charge on any atom is 0.160 e. The topological polar surface area (TPSA) is 62.8 Å². The van der Waals surface area contributed by atoms with Crippen LogP contribution in [0.4, 0.5) is 11.5 Å². The molecular formula is C17H14N4OS. The average molecular weight is 322 g/mol. The summed E-state index contributed by atoms with van der Waals surface area (Å²) in [6.45, 7) is 0. The van der Waals surface area contributed by atoms with E-state index in [4.69, 9.17) is 4.74 Å². The monoisotopic (exact) mass is 322 g/mol. The van der Waals surface area contributed by atoms with Crippen molar-refractivity contribution in [2.75, 3.05) is 12.4 Å². The van der Waals surface area contributed by atoms with Gasteiger partial charge in [0.25, 0.3) is 0 Å². The Balaban J connectivity index is 1.76. The molecule has 0 atom stereocenters. The first-order chi connectivity index (χ1) is 11.3. The van der Waals surface area contributed by atoms with Crippen molar-refractivity contribution in [1.29, 1.82) is 0 Å². The molecule has 2 heterocycles. The zero-order valence-corrected chi connectivity index (χ0v) is 13.2. The lowest BCUT2D eigenvalue weighted by Crippen LogP contribution is -1.96. The Labute approximate surface area is 137 Å². The number of benzene rings is 2. The lowest BCUT2D eigenvalue weighted by Gasteiger charge is -2.11. The van der Waals surface area contributed by atoms with Crippen molar-refractivity contribution < 1.29 is 4.74 Å². The number of nitrogens with one attached hydrogen (secondary N) is 2. The van der Waals surface area contributed by atoms with E-state index in [1.807, 2.05) is 47.8 Å². The van der Waals surface area contributed by atoms with E-state index in [-0.39, 0.29) is 0 Å². The molecule has 0 saturated heterocycles. The molecule has 0 radical (unpaired) electrons. The molecule has 0 aliphatic heterocycles. The van der Waals surface area contributed by atoms with Crippen LogP contribution in [-0.4, -0.2) is 22.3 Å². The molecule has 2 aromatic heterocycles. The van der Waals surface area contributed by atoms with Crippen molar-refractivity contribution in [2.24, 2.45) is 0 Å². The lowest BCUT2D eigenvalue weighted by molar-refractivity contribution is 0.417. The second-order valence-corrected chi connectivity index (χ2v) is 5.89. The molecular weight excluding hydrogens is 308 g/mol. The molecule has 0 aliphatic carbocycles. The van der Waals surface area contributed by atoms with Crippen molar-refractivity contribution in [2.45, 2.75) is 0 Å². The van der Waals surface area contributed by atoms with Crippen LogP contribution < -0.4 is 10.1 Å². The highest BCUT2D eigenvalue weighted by atomic mass is 32.1. The number of ether oxygens (including phenoxy) is 1. The molecule has 0 bridgehead atoms. The van der Waals surface area contributed by atoms with E-state index < -0.39 is 0 Å². The first-order valence-electron chi connectivity index (χ1n) is 7.13. The number of hydrogen-bond donors (Lipinski definition) is 2. The fourth-order valence-electron chi connectivity index (χ4n) is 2.49. The molecule has 6 heteroatoms. The lowest BCUT2D eigenvalue weighted by atomic mass is 10.2. The quantitative estimate of drug-likeness (QED) is 0.583. The van der Waals surface area contributed by atoms with Crippen LogP contribution >= 0.6 is 11.3 Å². The van der Waals surface area contributed by atoms with Crippen LogP contribution in [0.1, 0.15) is 0 Å². The highest BCUT2D eigenvalue weighted by Gasteiger charge is 2.11. The van der Waals surface area contributed by atoms with E-state index in [0.717, 1.165) is 38.7 Å². The molecule has 0 aliphatic rings. The second kappa shape index (κ2) is 5.73. The average Bonchev–Trinajstić information content (AvgIpc) is 3.25. The number of aromatic nitrogens is 3. The Morgan fingerprint density at radius 3 is 2.91 bits per heavy atom. The predicted octanol–water partition coefficient (Wildman–Crippen LogP) is 4.44. The van der Waals surface area contributed by atoms with Gasteiger partial charge in [-0.1, -0.05) is 12.1 Å². The summed E-state index contributed by atoms with van der Waals surface area (Å²) < 4.78 is 5.46. The van der Waals surface area contributed by atoms with Crippen LogP contribution in [0, 0.1) is 0 Å². The van der Waals surface area contributed by atoms with Crippen molar-refractivity contribution in [3.63, 3.8) is 0 Å². The van der Waals surface area contributed by atoms with Gasteiger partial charge in [-0.25, -0.2) is 4.98 Å². The van der Waals surface area contributed by atoms with Crippen LogP contribution in [-0.2, 0) is 0 Å². The largest absolute Gasteiger partial charge is 0.495 e. The molecule has 114 valence electrons. The minimum Gasteiger partial charge on any atom is -0.495 e. The minimum absolute atomic E-state index is 0.761. The first-order valence-corrected chi connectivity index (χ1v) is 8.01. The van der Waals surface area contributed by atoms with E-state index in [2.05, 4.69) is 20.5 Å². The van der Waals surface area contributed by atoms with Crippen LogP contribution in [0.2, 0.25) is 0 Å².